The topological polar surface area (TPSA) is 90.9 Å². The largest absolute Gasteiger partial charge is 0.409 e. The first kappa shape index (κ1) is 16.5. The van der Waals surface area contributed by atoms with Gasteiger partial charge in [0.25, 0.3) is 0 Å². The van der Waals surface area contributed by atoms with Crippen molar-refractivity contribution >= 4 is 11.9 Å². The maximum absolute atomic E-state index is 12.1. The van der Waals surface area contributed by atoms with Crippen molar-refractivity contribution in [2.45, 2.75) is 46.6 Å². The van der Waals surface area contributed by atoms with Crippen LogP contribution in [0.1, 0.15) is 41.0 Å². The fourth-order valence-corrected chi connectivity index (χ4v) is 1.42. The smallest absolute Gasteiger partial charge is 0.317 e. The van der Waals surface area contributed by atoms with Crippen LogP contribution in [0, 0.1) is 5.92 Å². The number of hydrogen-bond acceptors (Lipinski definition) is 3. The summed E-state index contributed by atoms with van der Waals surface area (Å²) in [5.74, 6) is 0.496. The molecule has 0 radical (unpaired) electrons. The highest BCUT2D eigenvalue weighted by molar-refractivity contribution is 5.81. The zero-order chi connectivity index (χ0) is 14.3. The van der Waals surface area contributed by atoms with Gasteiger partial charge in [0.2, 0.25) is 0 Å². The molecule has 0 bridgehead atoms. The second kappa shape index (κ2) is 7.08. The number of amidine groups is 1. The van der Waals surface area contributed by atoms with Crippen LogP contribution in [-0.4, -0.2) is 40.6 Å². The minimum absolute atomic E-state index is 0.123. The first-order chi connectivity index (χ1) is 8.15. The van der Waals surface area contributed by atoms with Crippen molar-refractivity contribution in [2.24, 2.45) is 16.8 Å². The van der Waals surface area contributed by atoms with E-state index in [9.17, 15) is 4.79 Å². The number of carbonyl (C=O) groups excluding carboxylic acids is 1. The molecule has 2 amide bonds. The van der Waals surface area contributed by atoms with E-state index < -0.39 is 0 Å². The molecule has 0 aliphatic rings. The Labute approximate surface area is 109 Å². The summed E-state index contributed by atoms with van der Waals surface area (Å²) in [5.41, 5.74) is 5.15. The van der Waals surface area contributed by atoms with Crippen LogP contribution in [0.5, 0.6) is 0 Å². The third kappa shape index (κ3) is 7.76. The number of oxime groups is 1. The second-order valence-corrected chi connectivity index (χ2v) is 5.86. The summed E-state index contributed by atoms with van der Waals surface area (Å²) in [5, 5.41) is 14.3. The number of nitrogens with two attached hydrogens (primary N) is 1. The molecule has 0 atom stereocenters. The Morgan fingerprint density at radius 3 is 2.39 bits per heavy atom. The molecule has 0 aromatic rings. The molecular formula is C12H26N4O2. The molecule has 0 saturated carbocycles. The number of urea groups is 1. The summed E-state index contributed by atoms with van der Waals surface area (Å²) >= 11 is 0. The van der Waals surface area contributed by atoms with E-state index in [0.717, 1.165) is 0 Å². The first-order valence-electron chi connectivity index (χ1n) is 6.19. The lowest BCUT2D eigenvalue weighted by atomic mass is 10.1. The highest BCUT2D eigenvalue weighted by atomic mass is 16.4. The highest BCUT2D eigenvalue weighted by Gasteiger charge is 2.20. The number of nitrogens with one attached hydrogen (secondary N) is 1. The molecular weight excluding hydrogens is 232 g/mol. The Morgan fingerprint density at radius 2 is 2.00 bits per heavy atom. The van der Waals surface area contributed by atoms with Gasteiger partial charge in [-0.25, -0.2) is 4.79 Å². The Bertz CT molecular complexity index is 295. The van der Waals surface area contributed by atoms with Crippen molar-refractivity contribution in [3.05, 3.63) is 0 Å². The van der Waals surface area contributed by atoms with Gasteiger partial charge in [0, 0.05) is 25.0 Å². The van der Waals surface area contributed by atoms with Crippen LogP contribution in [0.4, 0.5) is 4.79 Å². The molecule has 6 heteroatoms. The summed E-state index contributed by atoms with van der Waals surface area (Å²) in [6.07, 6.45) is 0.362. The Morgan fingerprint density at radius 1 is 1.44 bits per heavy atom. The molecule has 0 aliphatic heterocycles. The minimum atomic E-state index is -0.275. The summed E-state index contributed by atoms with van der Waals surface area (Å²) in [4.78, 5) is 13.8. The number of nitrogens with zero attached hydrogens (tertiary/aromatic N) is 2. The fraction of sp³-hybridized carbons (Fsp3) is 0.833. The van der Waals surface area contributed by atoms with Crippen molar-refractivity contribution in [3.63, 3.8) is 0 Å². The van der Waals surface area contributed by atoms with E-state index in [-0.39, 0.29) is 17.4 Å². The first-order valence-corrected chi connectivity index (χ1v) is 6.19. The van der Waals surface area contributed by atoms with Crippen molar-refractivity contribution < 1.29 is 10.0 Å². The van der Waals surface area contributed by atoms with Crippen LogP contribution in [-0.2, 0) is 0 Å². The van der Waals surface area contributed by atoms with Gasteiger partial charge in [0.1, 0.15) is 5.84 Å². The van der Waals surface area contributed by atoms with Crippen molar-refractivity contribution in [3.8, 4) is 0 Å². The van der Waals surface area contributed by atoms with Crippen LogP contribution in [0.3, 0.4) is 0 Å². The maximum Gasteiger partial charge on any atom is 0.317 e. The molecule has 0 saturated heterocycles. The van der Waals surface area contributed by atoms with Crippen LogP contribution in [0.25, 0.3) is 0 Å². The molecule has 0 aliphatic carbocycles. The van der Waals surface area contributed by atoms with Crippen molar-refractivity contribution in [2.75, 3.05) is 13.1 Å². The zero-order valence-electron chi connectivity index (χ0n) is 12.0. The predicted octanol–water partition coefficient (Wildman–Crippen LogP) is 1.59. The van der Waals surface area contributed by atoms with Crippen LogP contribution in [0.2, 0.25) is 0 Å². The van der Waals surface area contributed by atoms with Crippen molar-refractivity contribution in [1.82, 2.24) is 10.2 Å². The summed E-state index contributed by atoms with van der Waals surface area (Å²) in [6.45, 7) is 11.0. The van der Waals surface area contributed by atoms with E-state index in [1.807, 2.05) is 34.6 Å². The summed E-state index contributed by atoms with van der Waals surface area (Å²) in [6, 6.07) is -0.123. The Hall–Kier alpha value is -1.46. The van der Waals surface area contributed by atoms with Gasteiger partial charge < -0.3 is 21.2 Å². The van der Waals surface area contributed by atoms with Crippen LogP contribution >= 0.6 is 0 Å². The van der Waals surface area contributed by atoms with E-state index in [4.69, 9.17) is 10.9 Å². The molecule has 0 fully saturated rings. The Kier molecular flexibility index (Phi) is 6.51. The molecule has 0 spiro atoms. The molecule has 0 heterocycles. The molecule has 106 valence electrons. The van der Waals surface area contributed by atoms with Crippen molar-refractivity contribution in [1.29, 1.82) is 0 Å². The molecule has 4 N–H and O–H groups in total. The van der Waals surface area contributed by atoms with Gasteiger partial charge in [-0.2, -0.15) is 0 Å². The van der Waals surface area contributed by atoms with Gasteiger partial charge in [-0.15, -0.1) is 0 Å². The lowest BCUT2D eigenvalue weighted by Crippen LogP contribution is -2.50. The number of amides is 2. The second-order valence-electron chi connectivity index (χ2n) is 5.86. The average molecular weight is 258 g/mol. The van der Waals surface area contributed by atoms with Crippen LogP contribution < -0.4 is 11.1 Å². The quantitative estimate of drug-likeness (QED) is 0.303. The average Bonchev–Trinajstić information content (AvgIpc) is 2.20. The van der Waals surface area contributed by atoms with Gasteiger partial charge in [-0.05, 0) is 26.7 Å². The van der Waals surface area contributed by atoms with E-state index >= 15 is 0 Å². The normalized spacial score (nSPS) is 12.7. The molecule has 6 nitrogen and oxygen atoms in total. The monoisotopic (exact) mass is 258 g/mol. The Balaban J connectivity index is 4.52. The molecule has 0 aromatic heterocycles. The number of carbonyl (C=O) groups is 1. The lowest BCUT2D eigenvalue weighted by molar-refractivity contribution is 0.183. The molecule has 18 heavy (non-hydrogen) atoms. The van der Waals surface area contributed by atoms with E-state index in [1.54, 1.807) is 4.90 Å². The van der Waals surface area contributed by atoms with E-state index in [0.29, 0.717) is 25.4 Å². The summed E-state index contributed by atoms with van der Waals surface area (Å²) in [7, 11) is 0. The van der Waals surface area contributed by atoms with Gasteiger partial charge >= 0.3 is 6.03 Å². The third-order valence-corrected chi connectivity index (χ3v) is 2.12. The predicted molar refractivity (Wildman–Crippen MR) is 72.7 cm³/mol. The SMILES string of the molecule is CC(C)CN(CCC(N)=NO)C(=O)NC(C)(C)C. The lowest BCUT2D eigenvalue weighted by Gasteiger charge is -2.29. The highest BCUT2D eigenvalue weighted by Crippen LogP contribution is 2.05. The minimum Gasteiger partial charge on any atom is -0.409 e. The molecule has 0 rings (SSSR count). The van der Waals surface area contributed by atoms with Gasteiger partial charge in [-0.3, -0.25) is 0 Å². The van der Waals surface area contributed by atoms with Crippen LogP contribution in [0.15, 0.2) is 5.16 Å². The van der Waals surface area contributed by atoms with E-state index in [2.05, 4.69) is 10.5 Å². The standard InChI is InChI=1S/C12H26N4O2/c1-9(2)8-16(7-6-10(13)15-18)11(17)14-12(3,4)5/h9,18H,6-8H2,1-5H3,(H2,13,15)(H,14,17). The summed E-state index contributed by atoms with van der Waals surface area (Å²) < 4.78 is 0. The van der Waals surface area contributed by atoms with Gasteiger partial charge in [0.05, 0.1) is 0 Å². The number of rotatable bonds is 5. The number of hydrogen-bond donors (Lipinski definition) is 3. The fourth-order valence-electron chi connectivity index (χ4n) is 1.42. The third-order valence-electron chi connectivity index (χ3n) is 2.12. The zero-order valence-corrected chi connectivity index (χ0v) is 12.0. The molecule has 0 unspecified atom stereocenters. The van der Waals surface area contributed by atoms with Gasteiger partial charge in [0.15, 0.2) is 0 Å². The molecule has 0 aromatic carbocycles. The van der Waals surface area contributed by atoms with Gasteiger partial charge in [-0.1, -0.05) is 19.0 Å². The maximum atomic E-state index is 12.1. The van der Waals surface area contributed by atoms with E-state index in [1.165, 1.54) is 0 Å².